The molecule has 0 radical (unpaired) electrons. The lowest BCUT2D eigenvalue weighted by molar-refractivity contribution is -0.120. The van der Waals surface area contributed by atoms with Crippen LogP contribution in [0.4, 0.5) is 16.6 Å². The van der Waals surface area contributed by atoms with Gasteiger partial charge in [0.05, 0.1) is 22.6 Å². The van der Waals surface area contributed by atoms with E-state index in [0.29, 0.717) is 30.3 Å². The van der Waals surface area contributed by atoms with Gasteiger partial charge in [-0.15, -0.1) is 0 Å². The Bertz CT molecular complexity index is 1530. The minimum absolute atomic E-state index is 0.0653. The molecule has 10 nitrogen and oxygen atoms in total. The number of anilines is 3. The molecule has 1 saturated heterocycles. The topological polar surface area (TPSA) is 126 Å². The van der Waals surface area contributed by atoms with Gasteiger partial charge >= 0.3 is 0 Å². The summed E-state index contributed by atoms with van der Waals surface area (Å²) in [5, 5.41) is 3.72. The van der Waals surface area contributed by atoms with Gasteiger partial charge in [0, 0.05) is 30.5 Å². The molecule has 0 spiro atoms. The zero-order valence-electron chi connectivity index (χ0n) is 19.8. The van der Waals surface area contributed by atoms with Crippen LogP contribution in [0.1, 0.15) is 11.5 Å². The molecule has 1 aliphatic rings. The fourth-order valence-corrected chi connectivity index (χ4v) is 5.93. The molecule has 2 N–H and O–H groups in total. The Morgan fingerprint density at radius 1 is 1.08 bits per heavy atom. The third-order valence-corrected chi connectivity index (χ3v) is 8.20. The number of benzene rings is 2. The van der Waals surface area contributed by atoms with Crippen LogP contribution in [-0.4, -0.2) is 49.5 Å². The van der Waals surface area contributed by atoms with Gasteiger partial charge in [0.15, 0.2) is 5.13 Å². The van der Waals surface area contributed by atoms with Gasteiger partial charge in [-0.1, -0.05) is 17.4 Å². The molecule has 4 aromatic rings. The molecule has 0 saturated carbocycles. The van der Waals surface area contributed by atoms with Gasteiger partial charge in [-0.05, 0) is 50.2 Å². The fraction of sp³-hybridized carbons (Fsp3) is 0.250. The number of nitrogens with zero attached hydrogens (tertiary/aromatic N) is 4. The van der Waals surface area contributed by atoms with Crippen molar-refractivity contribution in [3.8, 4) is 5.75 Å². The number of rotatable bonds is 7. The molecule has 2 aromatic carbocycles. The van der Waals surface area contributed by atoms with Gasteiger partial charge < -0.3 is 15.0 Å². The van der Waals surface area contributed by atoms with E-state index in [0.717, 1.165) is 21.1 Å². The molecule has 5 rings (SSSR count). The number of nitrogens with one attached hydrogen (secondary N) is 2. The number of aromatic nitrogens is 3. The highest BCUT2D eigenvalue weighted by Gasteiger charge is 2.34. The maximum Gasteiger partial charge on any atom is 0.263 e. The second-order valence-corrected chi connectivity index (χ2v) is 11.2. The Morgan fingerprint density at radius 3 is 2.53 bits per heavy atom. The number of hydrogen-bond donors (Lipinski definition) is 2. The predicted octanol–water partition coefficient (Wildman–Crippen LogP) is 3.59. The molecule has 0 atom stereocenters. The minimum atomic E-state index is -3.83. The summed E-state index contributed by atoms with van der Waals surface area (Å²) < 4.78 is 34.3. The number of carbonyl (C=O) groups is 1. The van der Waals surface area contributed by atoms with Crippen molar-refractivity contribution in [3.63, 3.8) is 0 Å². The number of ether oxygens (including phenoxy) is 1. The molecule has 36 heavy (non-hydrogen) atoms. The van der Waals surface area contributed by atoms with Crippen molar-refractivity contribution in [1.29, 1.82) is 0 Å². The number of hydrogen-bond acceptors (Lipinski definition) is 9. The van der Waals surface area contributed by atoms with Gasteiger partial charge in [-0.25, -0.2) is 23.4 Å². The SMILES string of the molecule is COc1cccc2sc(N3CC(C(=O)Nc4ccc(S(=O)(=O)Nc5cc(C)nc(C)n5)cc4)C3)nc12. The molecule has 12 heteroatoms. The molecule has 1 fully saturated rings. The van der Waals surface area contributed by atoms with E-state index < -0.39 is 10.0 Å². The van der Waals surface area contributed by atoms with Gasteiger partial charge in [-0.3, -0.25) is 9.52 Å². The van der Waals surface area contributed by atoms with Crippen LogP contribution >= 0.6 is 11.3 Å². The third kappa shape index (κ3) is 4.82. The Labute approximate surface area is 212 Å². The van der Waals surface area contributed by atoms with Gasteiger partial charge in [-0.2, -0.15) is 0 Å². The van der Waals surface area contributed by atoms with Gasteiger partial charge in [0.1, 0.15) is 22.9 Å². The lowest BCUT2D eigenvalue weighted by Gasteiger charge is -2.37. The van der Waals surface area contributed by atoms with Crippen LogP contribution in [-0.2, 0) is 14.8 Å². The monoisotopic (exact) mass is 524 g/mol. The average molecular weight is 525 g/mol. The van der Waals surface area contributed by atoms with Crippen molar-refractivity contribution >= 4 is 54.1 Å². The van der Waals surface area contributed by atoms with Crippen molar-refractivity contribution in [2.24, 2.45) is 5.92 Å². The summed E-state index contributed by atoms with van der Waals surface area (Å²) in [5.41, 5.74) is 2.01. The highest BCUT2D eigenvalue weighted by molar-refractivity contribution is 7.92. The number of aryl methyl sites for hydroxylation is 2. The van der Waals surface area contributed by atoms with E-state index in [9.17, 15) is 13.2 Å². The van der Waals surface area contributed by atoms with Crippen molar-refractivity contribution in [2.75, 3.05) is 35.1 Å². The minimum Gasteiger partial charge on any atom is -0.494 e. The standard InChI is InChI=1S/C24H24N6O4S2/c1-14-11-21(26-15(2)25-14)29-36(32,33)18-9-7-17(8-10-18)27-23(31)16-12-30(13-16)24-28-22-19(34-3)5-4-6-20(22)35-24/h4-11,16H,12-13H2,1-3H3,(H,27,31)(H,25,26,29). The summed E-state index contributed by atoms with van der Waals surface area (Å²) in [6.45, 7) is 4.57. The van der Waals surface area contributed by atoms with E-state index >= 15 is 0 Å². The highest BCUT2D eigenvalue weighted by atomic mass is 32.2. The predicted molar refractivity (Wildman–Crippen MR) is 139 cm³/mol. The first kappa shape index (κ1) is 23.9. The Morgan fingerprint density at radius 2 is 1.83 bits per heavy atom. The number of thiazole rings is 1. The molecule has 186 valence electrons. The number of amides is 1. The molecule has 1 aliphatic heterocycles. The smallest absolute Gasteiger partial charge is 0.263 e. The van der Waals surface area contributed by atoms with Crippen LogP contribution in [0, 0.1) is 19.8 Å². The van der Waals surface area contributed by atoms with E-state index in [-0.39, 0.29) is 22.5 Å². The summed E-state index contributed by atoms with van der Waals surface area (Å²) in [5.74, 6) is 1.10. The first-order valence-corrected chi connectivity index (χ1v) is 13.5. The molecular formula is C24H24N6O4S2. The van der Waals surface area contributed by atoms with Crippen LogP contribution in [0.2, 0.25) is 0 Å². The van der Waals surface area contributed by atoms with Crippen molar-refractivity contribution in [3.05, 3.63) is 60.0 Å². The van der Waals surface area contributed by atoms with E-state index in [1.807, 2.05) is 18.2 Å². The van der Waals surface area contributed by atoms with Crippen LogP contribution in [0.15, 0.2) is 53.4 Å². The first-order valence-electron chi connectivity index (χ1n) is 11.2. The molecule has 1 amide bonds. The quantitative estimate of drug-likeness (QED) is 0.376. The largest absolute Gasteiger partial charge is 0.494 e. The van der Waals surface area contributed by atoms with Crippen LogP contribution in [0.25, 0.3) is 10.2 Å². The summed E-state index contributed by atoms with van der Waals surface area (Å²) in [7, 11) is -2.21. The molecule has 0 bridgehead atoms. The van der Waals surface area contributed by atoms with E-state index in [1.54, 1.807) is 50.5 Å². The number of fused-ring (bicyclic) bond motifs is 1. The number of para-hydroxylation sites is 1. The summed E-state index contributed by atoms with van der Waals surface area (Å²) in [4.78, 5) is 27.8. The van der Waals surface area contributed by atoms with Crippen molar-refractivity contribution in [2.45, 2.75) is 18.7 Å². The molecule has 0 aliphatic carbocycles. The lowest BCUT2D eigenvalue weighted by Crippen LogP contribution is -2.52. The highest BCUT2D eigenvalue weighted by Crippen LogP contribution is 2.36. The van der Waals surface area contributed by atoms with E-state index in [2.05, 4.69) is 29.9 Å². The Hall–Kier alpha value is -3.77. The fourth-order valence-electron chi connectivity index (χ4n) is 3.94. The van der Waals surface area contributed by atoms with Crippen molar-refractivity contribution in [1.82, 2.24) is 15.0 Å². The van der Waals surface area contributed by atoms with E-state index in [1.165, 1.54) is 12.1 Å². The molecular weight excluding hydrogens is 500 g/mol. The molecule has 3 heterocycles. The van der Waals surface area contributed by atoms with E-state index in [4.69, 9.17) is 4.74 Å². The van der Waals surface area contributed by atoms with Crippen LogP contribution in [0.3, 0.4) is 0 Å². The maximum atomic E-state index is 12.7. The van der Waals surface area contributed by atoms with Crippen molar-refractivity contribution < 1.29 is 17.9 Å². The zero-order chi connectivity index (χ0) is 25.4. The number of methoxy groups -OCH3 is 1. The Balaban J connectivity index is 1.19. The normalized spacial score (nSPS) is 13.9. The second-order valence-electron chi connectivity index (χ2n) is 8.47. The molecule has 0 unspecified atom stereocenters. The Kier molecular flexibility index (Phi) is 6.22. The van der Waals surface area contributed by atoms with Crippen LogP contribution < -0.4 is 19.7 Å². The lowest BCUT2D eigenvalue weighted by atomic mass is 10.00. The van der Waals surface area contributed by atoms with Crippen LogP contribution in [0.5, 0.6) is 5.75 Å². The van der Waals surface area contributed by atoms with Gasteiger partial charge in [0.2, 0.25) is 5.91 Å². The van der Waals surface area contributed by atoms with Gasteiger partial charge in [0.25, 0.3) is 10.0 Å². The first-order chi connectivity index (χ1) is 17.2. The average Bonchev–Trinajstić information content (AvgIpc) is 3.21. The molecule has 2 aromatic heterocycles. The maximum absolute atomic E-state index is 12.7. The summed E-state index contributed by atoms with van der Waals surface area (Å²) in [6, 6.07) is 13.4. The third-order valence-electron chi connectivity index (χ3n) is 5.75. The number of sulfonamides is 1. The number of carbonyl (C=O) groups excluding carboxylic acids is 1. The summed E-state index contributed by atoms with van der Waals surface area (Å²) >= 11 is 1.57. The zero-order valence-corrected chi connectivity index (χ0v) is 21.5. The second kappa shape index (κ2) is 9.36. The summed E-state index contributed by atoms with van der Waals surface area (Å²) in [6.07, 6.45) is 0.